The molecule has 0 saturated heterocycles. The number of esters is 1. The van der Waals surface area contributed by atoms with Crippen LogP contribution in [-0.2, 0) is 27.3 Å². The van der Waals surface area contributed by atoms with Crippen LogP contribution < -0.4 is 5.32 Å². The number of nitrogens with one attached hydrogen (secondary N) is 1. The molecule has 2 aromatic rings. The number of carbonyl (C=O) groups is 3. The number of carbonyl (C=O) groups excluding carboxylic acids is 3. The second kappa shape index (κ2) is 8.92. The standard InChI is InChI=1S/C19H18F2N2O4S/c20-13-1-2-14(15(21)9-13)19(26)22-6-3-18(25)27-11-17(24)23-7-4-16-12(10-23)5-8-28-16/h1-2,5,8-9H,3-4,6-7,10-11H2,(H,22,26). The van der Waals surface area contributed by atoms with Crippen LogP contribution in [0.3, 0.4) is 0 Å². The lowest BCUT2D eigenvalue weighted by Gasteiger charge is -2.26. The average molecular weight is 408 g/mol. The van der Waals surface area contributed by atoms with E-state index in [0.717, 1.165) is 24.1 Å². The second-order valence-electron chi connectivity index (χ2n) is 6.23. The summed E-state index contributed by atoms with van der Waals surface area (Å²) in [4.78, 5) is 38.7. The molecule has 0 bridgehead atoms. The smallest absolute Gasteiger partial charge is 0.308 e. The summed E-state index contributed by atoms with van der Waals surface area (Å²) in [5, 5.41) is 4.34. The first-order valence-electron chi connectivity index (χ1n) is 8.66. The van der Waals surface area contributed by atoms with Crippen molar-refractivity contribution in [3.8, 4) is 0 Å². The van der Waals surface area contributed by atoms with E-state index >= 15 is 0 Å². The maximum atomic E-state index is 13.5. The Hall–Kier alpha value is -2.81. The zero-order valence-corrected chi connectivity index (χ0v) is 15.7. The third kappa shape index (κ3) is 4.92. The van der Waals surface area contributed by atoms with Gasteiger partial charge in [-0.25, -0.2) is 8.78 Å². The summed E-state index contributed by atoms with van der Waals surface area (Å²) in [6.07, 6.45) is 0.620. The van der Waals surface area contributed by atoms with Crippen LogP contribution in [0, 0.1) is 11.6 Å². The molecule has 9 heteroatoms. The van der Waals surface area contributed by atoms with E-state index in [1.54, 1.807) is 16.2 Å². The largest absolute Gasteiger partial charge is 0.456 e. The van der Waals surface area contributed by atoms with Gasteiger partial charge in [0.2, 0.25) is 0 Å². The molecule has 1 aromatic heterocycles. The third-order valence-corrected chi connectivity index (χ3v) is 5.33. The average Bonchev–Trinajstić information content (AvgIpc) is 3.13. The lowest BCUT2D eigenvalue weighted by atomic mass is 10.1. The zero-order valence-electron chi connectivity index (χ0n) is 14.9. The lowest BCUT2D eigenvalue weighted by molar-refractivity contribution is -0.152. The Morgan fingerprint density at radius 1 is 1.21 bits per heavy atom. The van der Waals surface area contributed by atoms with Crippen LogP contribution in [0.15, 0.2) is 29.6 Å². The predicted molar refractivity (Wildman–Crippen MR) is 97.7 cm³/mol. The van der Waals surface area contributed by atoms with E-state index in [4.69, 9.17) is 4.74 Å². The Balaban J connectivity index is 1.38. The quantitative estimate of drug-likeness (QED) is 0.744. The monoisotopic (exact) mass is 408 g/mol. The van der Waals surface area contributed by atoms with E-state index in [2.05, 4.69) is 5.32 Å². The molecule has 0 spiro atoms. The summed E-state index contributed by atoms with van der Waals surface area (Å²) in [5.74, 6) is -3.46. The predicted octanol–water partition coefficient (Wildman–Crippen LogP) is 2.27. The van der Waals surface area contributed by atoms with Gasteiger partial charge in [0, 0.05) is 30.6 Å². The fourth-order valence-electron chi connectivity index (χ4n) is 2.81. The normalized spacial score (nSPS) is 13.0. The van der Waals surface area contributed by atoms with Crippen molar-refractivity contribution in [3.63, 3.8) is 0 Å². The van der Waals surface area contributed by atoms with E-state index in [-0.39, 0.29) is 31.0 Å². The minimum Gasteiger partial charge on any atom is -0.456 e. The van der Waals surface area contributed by atoms with Gasteiger partial charge in [0.1, 0.15) is 11.6 Å². The van der Waals surface area contributed by atoms with Crippen molar-refractivity contribution in [3.05, 3.63) is 57.3 Å². The molecule has 1 N–H and O–H groups in total. The molecule has 2 amide bonds. The number of amides is 2. The molecule has 2 heterocycles. The number of hydrogen-bond acceptors (Lipinski definition) is 5. The number of hydrogen-bond donors (Lipinski definition) is 1. The molecule has 0 fully saturated rings. The SMILES string of the molecule is O=C(CCNC(=O)c1ccc(F)cc1F)OCC(=O)N1CCc2sccc2C1. The van der Waals surface area contributed by atoms with Crippen LogP contribution in [0.5, 0.6) is 0 Å². The highest BCUT2D eigenvalue weighted by Gasteiger charge is 2.22. The third-order valence-electron chi connectivity index (χ3n) is 4.31. The molecule has 3 rings (SSSR count). The van der Waals surface area contributed by atoms with Crippen molar-refractivity contribution in [1.82, 2.24) is 10.2 Å². The minimum atomic E-state index is -0.985. The molecule has 1 aromatic carbocycles. The molecule has 0 unspecified atom stereocenters. The van der Waals surface area contributed by atoms with Gasteiger partial charge in [-0.1, -0.05) is 0 Å². The maximum absolute atomic E-state index is 13.5. The topological polar surface area (TPSA) is 75.7 Å². The Morgan fingerprint density at radius 2 is 2.04 bits per heavy atom. The first-order valence-corrected chi connectivity index (χ1v) is 9.54. The molecule has 0 saturated carbocycles. The van der Waals surface area contributed by atoms with Crippen molar-refractivity contribution in [1.29, 1.82) is 0 Å². The van der Waals surface area contributed by atoms with Gasteiger partial charge in [0.15, 0.2) is 6.61 Å². The van der Waals surface area contributed by atoms with E-state index in [9.17, 15) is 23.2 Å². The van der Waals surface area contributed by atoms with Crippen LogP contribution in [0.2, 0.25) is 0 Å². The molecular formula is C19H18F2N2O4S. The zero-order chi connectivity index (χ0) is 20.1. The molecule has 148 valence electrons. The highest BCUT2D eigenvalue weighted by atomic mass is 32.1. The summed E-state index contributed by atoms with van der Waals surface area (Å²) in [5.41, 5.74) is 0.800. The first kappa shape index (κ1) is 19.9. The summed E-state index contributed by atoms with van der Waals surface area (Å²) >= 11 is 1.67. The lowest BCUT2D eigenvalue weighted by Crippen LogP contribution is -2.38. The molecule has 1 aliphatic rings. The molecule has 6 nitrogen and oxygen atoms in total. The van der Waals surface area contributed by atoms with E-state index in [0.29, 0.717) is 19.2 Å². The van der Waals surface area contributed by atoms with Crippen molar-refractivity contribution in [2.45, 2.75) is 19.4 Å². The number of benzene rings is 1. The molecule has 28 heavy (non-hydrogen) atoms. The van der Waals surface area contributed by atoms with Gasteiger partial charge in [-0.3, -0.25) is 14.4 Å². The van der Waals surface area contributed by atoms with E-state index in [1.165, 1.54) is 4.88 Å². The summed E-state index contributed by atoms with van der Waals surface area (Å²) in [6.45, 7) is 0.640. The second-order valence-corrected chi connectivity index (χ2v) is 7.23. The van der Waals surface area contributed by atoms with Crippen LogP contribution in [-0.4, -0.2) is 42.4 Å². The van der Waals surface area contributed by atoms with Crippen LogP contribution in [0.4, 0.5) is 8.78 Å². The highest BCUT2D eigenvalue weighted by molar-refractivity contribution is 7.10. The molecule has 0 radical (unpaired) electrons. The summed E-state index contributed by atoms with van der Waals surface area (Å²) < 4.78 is 31.3. The number of rotatable bonds is 6. The first-order chi connectivity index (χ1) is 13.4. The molecule has 0 aliphatic carbocycles. The number of halogens is 2. The van der Waals surface area contributed by atoms with Gasteiger partial charge in [-0.15, -0.1) is 11.3 Å². The van der Waals surface area contributed by atoms with Crippen LogP contribution in [0.25, 0.3) is 0 Å². The van der Waals surface area contributed by atoms with Crippen LogP contribution in [0.1, 0.15) is 27.2 Å². The molecule has 1 aliphatic heterocycles. The highest BCUT2D eigenvalue weighted by Crippen LogP contribution is 2.23. The minimum absolute atomic E-state index is 0.0926. The fourth-order valence-corrected chi connectivity index (χ4v) is 3.70. The Labute approximate surface area is 164 Å². The summed E-state index contributed by atoms with van der Waals surface area (Å²) in [6, 6.07) is 4.58. The van der Waals surface area contributed by atoms with Crippen molar-refractivity contribution in [2.75, 3.05) is 19.7 Å². The van der Waals surface area contributed by atoms with Gasteiger partial charge in [0.25, 0.3) is 11.8 Å². The molecule has 0 atom stereocenters. The number of thiophene rings is 1. The van der Waals surface area contributed by atoms with Gasteiger partial charge in [0.05, 0.1) is 12.0 Å². The van der Waals surface area contributed by atoms with Gasteiger partial charge >= 0.3 is 5.97 Å². The Morgan fingerprint density at radius 3 is 2.82 bits per heavy atom. The number of nitrogens with zero attached hydrogens (tertiary/aromatic N) is 1. The fraction of sp³-hybridized carbons (Fsp3) is 0.316. The van der Waals surface area contributed by atoms with Crippen LogP contribution >= 0.6 is 11.3 Å². The maximum Gasteiger partial charge on any atom is 0.308 e. The number of fused-ring (bicyclic) bond motifs is 1. The van der Waals surface area contributed by atoms with Crippen molar-refractivity contribution < 1.29 is 27.9 Å². The van der Waals surface area contributed by atoms with Crippen molar-refractivity contribution >= 4 is 29.1 Å². The van der Waals surface area contributed by atoms with Crippen molar-refractivity contribution in [2.24, 2.45) is 0 Å². The van der Waals surface area contributed by atoms with E-state index < -0.39 is 23.5 Å². The number of ether oxygens (including phenoxy) is 1. The van der Waals surface area contributed by atoms with Gasteiger partial charge in [-0.05, 0) is 35.6 Å². The van der Waals surface area contributed by atoms with Gasteiger partial charge < -0.3 is 15.0 Å². The Kier molecular flexibility index (Phi) is 6.35. The molecular weight excluding hydrogens is 390 g/mol. The van der Waals surface area contributed by atoms with Gasteiger partial charge in [-0.2, -0.15) is 0 Å². The van der Waals surface area contributed by atoms with E-state index in [1.807, 2.05) is 11.4 Å². The Bertz CT molecular complexity index is 900. The summed E-state index contributed by atoms with van der Waals surface area (Å²) in [7, 11) is 0.